The summed E-state index contributed by atoms with van der Waals surface area (Å²) < 4.78 is 44.6. The number of rotatable bonds is 4. The Morgan fingerprint density at radius 1 is 1.48 bits per heavy atom. The smallest absolute Gasteiger partial charge is 0.332 e. The summed E-state index contributed by atoms with van der Waals surface area (Å²) in [6.45, 7) is -0.253. The van der Waals surface area contributed by atoms with Gasteiger partial charge in [-0.2, -0.15) is 0 Å². The average molecular weight is 336 g/mol. The van der Waals surface area contributed by atoms with Gasteiger partial charge in [0.1, 0.15) is 11.1 Å². The molecule has 21 heavy (non-hydrogen) atoms. The Morgan fingerprint density at radius 2 is 2.19 bits per heavy atom. The molecule has 0 fully saturated rings. The van der Waals surface area contributed by atoms with Crippen LogP contribution >= 0.6 is 11.6 Å². The molecule has 1 aliphatic heterocycles. The fourth-order valence-electron chi connectivity index (χ4n) is 1.82. The van der Waals surface area contributed by atoms with Gasteiger partial charge < -0.3 is 9.84 Å². The molecular weight excluding hydrogens is 325 g/mol. The number of benzene rings is 1. The largest absolute Gasteiger partial charge is 0.478 e. The number of carboxylic acids is 1. The molecule has 1 aliphatic rings. The number of halogens is 2. The first-order valence-corrected chi connectivity index (χ1v) is 7.71. The Balaban J connectivity index is 2.31. The summed E-state index contributed by atoms with van der Waals surface area (Å²) in [5.41, 5.74) is -0.305. The summed E-state index contributed by atoms with van der Waals surface area (Å²) in [7, 11) is -4.10. The monoisotopic (exact) mass is 335 g/mol. The summed E-state index contributed by atoms with van der Waals surface area (Å²) >= 11 is 5.74. The van der Waals surface area contributed by atoms with Crippen molar-refractivity contribution in [1.82, 2.24) is 0 Å². The van der Waals surface area contributed by atoms with Crippen LogP contribution in [0.4, 0.5) is 10.1 Å². The van der Waals surface area contributed by atoms with Crippen LogP contribution in [0.2, 0.25) is 5.02 Å². The van der Waals surface area contributed by atoms with Gasteiger partial charge in [0.25, 0.3) is 0 Å². The third-order valence-corrected chi connectivity index (χ3v) is 4.80. The molecule has 1 aromatic rings. The molecule has 0 aliphatic carbocycles. The third-order valence-electron chi connectivity index (χ3n) is 2.84. The number of carbonyl (C=O) groups is 1. The normalized spacial score (nSPS) is 19.0. The molecule has 2 rings (SSSR count). The first kappa shape index (κ1) is 15.7. The highest BCUT2D eigenvalue weighted by molar-refractivity contribution is 7.93. The molecule has 2 N–H and O–H groups in total. The SMILES string of the molecule is O=C(O)C1=CCOCC1S(=O)(=O)Nc1ccc(F)cc1Cl. The number of sulfonamides is 1. The summed E-state index contributed by atoms with van der Waals surface area (Å²) in [5.74, 6) is -1.95. The lowest BCUT2D eigenvalue weighted by atomic mass is 10.1. The standard InChI is InChI=1S/C12H11ClFNO5S/c13-9-5-7(14)1-2-10(9)15-21(18,19)11-6-20-4-3-8(11)12(16)17/h1-3,5,11,15H,4,6H2,(H,16,17). The van der Waals surface area contributed by atoms with E-state index in [0.717, 1.165) is 18.2 Å². The van der Waals surface area contributed by atoms with E-state index < -0.39 is 27.1 Å². The zero-order valence-electron chi connectivity index (χ0n) is 10.5. The molecule has 0 saturated carbocycles. The second kappa shape index (κ2) is 6.00. The molecule has 6 nitrogen and oxygen atoms in total. The van der Waals surface area contributed by atoms with Crippen LogP contribution in [0.5, 0.6) is 0 Å². The number of hydrogen-bond acceptors (Lipinski definition) is 4. The molecular formula is C12H11ClFNO5S. The zero-order chi connectivity index (χ0) is 15.6. The highest BCUT2D eigenvalue weighted by Gasteiger charge is 2.35. The maximum absolute atomic E-state index is 12.9. The van der Waals surface area contributed by atoms with E-state index in [9.17, 15) is 17.6 Å². The highest BCUT2D eigenvalue weighted by Crippen LogP contribution is 2.26. The Labute approximate surface area is 125 Å². The van der Waals surface area contributed by atoms with Crippen molar-refractivity contribution in [3.05, 3.63) is 40.7 Å². The molecule has 0 spiro atoms. The van der Waals surface area contributed by atoms with Crippen LogP contribution in [0.1, 0.15) is 0 Å². The Morgan fingerprint density at radius 3 is 2.81 bits per heavy atom. The molecule has 1 aromatic carbocycles. The van der Waals surface area contributed by atoms with Gasteiger partial charge in [0, 0.05) is 0 Å². The first-order valence-electron chi connectivity index (χ1n) is 5.79. The molecule has 1 unspecified atom stereocenters. The van der Waals surface area contributed by atoms with Gasteiger partial charge in [0.05, 0.1) is 29.5 Å². The molecule has 1 atom stereocenters. The van der Waals surface area contributed by atoms with Crippen molar-refractivity contribution in [3.8, 4) is 0 Å². The van der Waals surface area contributed by atoms with Crippen molar-refractivity contribution in [2.24, 2.45) is 0 Å². The second-order valence-electron chi connectivity index (χ2n) is 4.26. The van der Waals surface area contributed by atoms with E-state index in [1.807, 2.05) is 0 Å². The molecule has 0 saturated heterocycles. The van der Waals surface area contributed by atoms with Gasteiger partial charge in [-0.3, -0.25) is 4.72 Å². The van der Waals surface area contributed by atoms with Gasteiger partial charge in [-0.15, -0.1) is 0 Å². The van der Waals surface area contributed by atoms with Crippen LogP contribution < -0.4 is 4.72 Å². The topological polar surface area (TPSA) is 92.7 Å². The van der Waals surface area contributed by atoms with E-state index in [1.54, 1.807) is 0 Å². The van der Waals surface area contributed by atoms with E-state index in [1.165, 1.54) is 6.08 Å². The van der Waals surface area contributed by atoms with Crippen molar-refractivity contribution in [2.45, 2.75) is 5.25 Å². The van der Waals surface area contributed by atoms with Gasteiger partial charge in [-0.05, 0) is 24.3 Å². The summed E-state index contributed by atoms with van der Waals surface area (Å²) in [4.78, 5) is 11.1. The minimum atomic E-state index is -4.10. The van der Waals surface area contributed by atoms with Crippen LogP contribution in [0, 0.1) is 5.82 Å². The molecule has 0 radical (unpaired) electrons. The lowest BCUT2D eigenvalue weighted by Crippen LogP contribution is -2.38. The van der Waals surface area contributed by atoms with Gasteiger partial charge in [-0.1, -0.05) is 11.6 Å². The summed E-state index contributed by atoms with van der Waals surface area (Å²) in [6.07, 6.45) is 1.20. The van der Waals surface area contributed by atoms with E-state index >= 15 is 0 Å². The van der Waals surface area contributed by atoms with Crippen LogP contribution in [0.3, 0.4) is 0 Å². The number of carboxylic acid groups (broad SMARTS) is 1. The van der Waals surface area contributed by atoms with Crippen molar-refractivity contribution in [1.29, 1.82) is 0 Å². The number of nitrogens with one attached hydrogen (secondary N) is 1. The second-order valence-corrected chi connectivity index (χ2v) is 6.53. The van der Waals surface area contributed by atoms with Crippen LogP contribution in [0.15, 0.2) is 29.8 Å². The average Bonchev–Trinajstić information content (AvgIpc) is 2.42. The Kier molecular flexibility index (Phi) is 4.50. The number of aliphatic carboxylic acids is 1. The quantitative estimate of drug-likeness (QED) is 0.872. The van der Waals surface area contributed by atoms with Crippen LogP contribution in [-0.2, 0) is 19.6 Å². The summed E-state index contributed by atoms with van der Waals surface area (Å²) in [6, 6.07) is 3.14. The van der Waals surface area contributed by atoms with E-state index in [0.29, 0.717) is 0 Å². The maximum Gasteiger partial charge on any atom is 0.332 e. The predicted octanol–water partition coefficient (Wildman–Crippen LogP) is 1.63. The number of ether oxygens (including phenoxy) is 1. The lowest BCUT2D eigenvalue weighted by molar-refractivity contribution is -0.133. The van der Waals surface area contributed by atoms with Crippen molar-refractivity contribution in [3.63, 3.8) is 0 Å². The van der Waals surface area contributed by atoms with Gasteiger partial charge in [0.15, 0.2) is 0 Å². The van der Waals surface area contributed by atoms with Gasteiger partial charge in [-0.25, -0.2) is 17.6 Å². The first-order chi connectivity index (χ1) is 9.81. The fourth-order valence-corrected chi connectivity index (χ4v) is 3.53. The molecule has 1 heterocycles. The van der Waals surface area contributed by atoms with E-state index in [-0.39, 0.29) is 29.5 Å². The summed E-state index contributed by atoms with van der Waals surface area (Å²) in [5, 5.41) is 7.54. The number of anilines is 1. The van der Waals surface area contributed by atoms with Gasteiger partial charge >= 0.3 is 5.97 Å². The maximum atomic E-state index is 12.9. The van der Waals surface area contributed by atoms with E-state index in [2.05, 4.69) is 4.72 Å². The minimum Gasteiger partial charge on any atom is -0.478 e. The van der Waals surface area contributed by atoms with Gasteiger partial charge in [0.2, 0.25) is 10.0 Å². The highest BCUT2D eigenvalue weighted by atomic mass is 35.5. The molecule has 0 bridgehead atoms. The van der Waals surface area contributed by atoms with Crippen molar-refractivity contribution < 1.29 is 27.4 Å². The molecule has 9 heteroatoms. The molecule has 0 aromatic heterocycles. The number of hydrogen-bond donors (Lipinski definition) is 2. The molecule has 114 valence electrons. The van der Waals surface area contributed by atoms with Crippen LogP contribution in [-0.4, -0.2) is 38.0 Å². The minimum absolute atomic E-state index is 0.0327. The zero-order valence-corrected chi connectivity index (χ0v) is 12.1. The predicted molar refractivity (Wildman–Crippen MR) is 74.3 cm³/mol. The Bertz CT molecular complexity index is 704. The third kappa shape index (κ3) is 3.52. The molecule has 0 amide bonds. The van der Waals surface area contributed by atoms with Crippen molar-refractivity contribution >= 4 is 33.3 Å². The fraction of sp³-hybridized carbons (Fsp3) is 0.250. The van der Waals surface area contributed by atoms with E-state index in [4.69, 9.17) is 21.4 Å². The Hall–Kier alpha value is -1.64. The van der Waals surface area contributed by atoms with Crippen molar-refractivity contribution in [2.75, 3.05) is 17.9 Å². The van der Waals surface area contributed by atoms with Crippen LogP contribution in [0.25, 0.3) is 0 Å². The lowest BCUT2D eigenvalue weighted by Gasteiger charge is -2.23.